The Labute approximate surface area is 65.6 Å². The van der Waals surface area contributed by atoms with Crippen molar-refractivity contribution in [1.29, 1.82) is 0 Å². The van der Waals surface area contributed by atoms with Gasteiger partial charge in [0.2, 0.25) is 5.91 Å². The lowest BCUT2D eigenvalue weighted by molar-refractivity contribution is -0.142. The van der Waals surface area contributed by atoms with E-state index in [1.54, 1.807) is 0 Å². The smallest absolute Gasteiger partial charge is 0.326 e. The molecule has 1 saturated heterocycles. The second-order valence-electron chi connectivity index (χ2n) is 3.00. The predicted octanol–water partition coefficient (Wildman–Crippen LogP) is -0.549. The van der Waals surface area contributed by atoms with E-state index in [-0.39, 0.29) is 0 Å². The van der Waals surface area contributed by atoms with Gasteiger partial charge in [-0.25, -0.2) is 13.6 Å². The maximum absolute atomic E-state index is 12.6. The number of carboxylic acids is 1. The van der Waals surface area contributed by atoms with E-state index < -0.39 is 35.7 Å². The first-order chi connectivity index (χ1) is 5.46. The zero-order chi connectivity index (χ0) is 9.09. The molecule has 66 valence electrons. The van der Waals surface area contributed by atoms with Crippen LogP contribution in [0.5, 0.6) is 0 Å². The molecule has 1 amide bonds. The Balaban J connectivity index is 2.25. The Kier molecular flexibility index (Phi) is 1.09. The lowest BCUT2D eigenvalue weighted by atomic mass is 10.2. The summed E-state index contributed by atoms with van der Waals surface area (Å²) in [7, 11) is 0. The minimum Gasteiger partial charge on any atom is -0.480 e. The van der Waals surface area contributed by atoms with E-state index in [0.717, 1.165) is 0 Å². The molecule has 6 heteroatoms. The summed E-state index contributed by atoms with van der Waals surface area (Å²) in [5, 5.41) is 10.4. The van der Waals surface area contributed by atoms with Crippen molar-refractivity contribution in [2.24, 2.45) is 11.8 Å². The Morgan fingerprint density at radius 1 is 1.58 bits per heavy atom. The van der Waals surface area contributed by atoms with E-state index in [0.29, 0.717) is 0 Å². The summed E-state index contributed by atoms with van der Waals surface area (Å²) >= 11 is 0. The third-order valence-corrected chi connectivity index (χ3v) is 2.31. The fraction of sp³-hybridized carbons (Fsp3) is 0.667. The number of carbonyl (C=O) groups is 2. The lowest BCUT2D eigenvalue weighted by Gasteiger charge is -2.09. The number of alkyl halides is 2. The highest BCUT2D eigenvalue weighted by molar-refractivity contribution is 5.94. The molecule has 1 aliphatic carbocycles. The summed E-state index contributed by atoms with van der Waals surface area (Å²) < 4.78 is 25.2. The van der Waals surface area contributed by atoms with Crippen molar-refractivity contribution in [2.75, 3.05) is 0 Å². The zero-order valence-electron chi connectivity index (χ0n) is 5.75. The fourth-order valence-electron chi connectivity index (χ4n) is 1.65. The Hall–Kier alpha value is -1.20. The molecule has 0 aromatic carbocycles. The van der Waals surface area contributed by atoms with Crippen molar-refractivity contribution in [3.63, 3.8) is 0 Å². The third-order valence-electron chi connectivity index (χ3n) is 2.31. The van der Waals surface area contributed by atoms with E-state index in [2.05, 4.69) is 0 Å². The van der Waals surface area contributed by atoms with Crippen LogP contribution in [0, 0.1) is 11.8 Å². The molecule has 12 heavy (non-hydrogen) atoms. The maximum Gasteiger partial charge on any atom is 0.326 e. The molecule has 1 saturated carbocycles. The largest absolute Gasteiger partial charge is 0.480 e. The van der Waals surface area contributed by atoms with E-state index in [9.17, 15) is 18.4 Å². The lowest BCUT2D eigenvalue weighted by Crippen LogP contribution is -2.40. The van der Waals surface area contributed by atoms with Crippen LogP contribution in [0.15, 0.2) is 0 Å². The van der Waals surface area contributed by atoms with Crippen LogP contribution in [0.3, 0.4) is 0 Å². The van der Waals surface area contributed by atoms with Crippen LogP contribution in [0.2, 0.25) is 0 Å². The number of carboxylic acid groups (broad SMARTS) is 1. The average Bonchev–Trinajstić information content (AvgIpc) is 2.37. The van der Waals surface area contributed by atoms with E-state index in [1.807, 2.05) is 5.32 Å². The first-order valence-corrected chi connectivity index (χ1v) is 3.37. The number of carbonyl (C=O) groups excluding carboxylic acids is 1. The average molecular weight is 177 g/mol. The molecule has 0 spiro atoms. The van der Waals surface area contributed by atoms with Crippen LogP contribution in [0.25, 0.3) is 0 Å². The van der Waals surface area contributed by atoms with Crippen LogP contribution in [0.1, 0.15) is 0 Å². The van der Waals surface area contributed by atoms with Gasteiger partial charge < -0.3 is 10.4 Å². The molecule has 2 N–H and O–H groups in total. The first kappa shape index (κ1) is 7.45. The SMILES string of the molecule is O=C1N[C@H](C(=O)O)[C@H]2C1C2(F)F. The van der Waals surface area contributed by atoms with Gasteiger partial charge in [-0.05, 0) is 0 Å². The molecule has 0 aromatic rings. The number of fused-ring (bicyclic) bond motifs is 1. The second kappa shape index (κ2) is 1.75. The standard InChI is InChI=1S/C6H5F2NO3/c7-6(8)1-2(6)4(10)9-3(1)5(11)12/h1-3H,(H,9,10)(H,11,12)/t1-,2?,3+/m1/s1. The minimum atomic E-state index is -3.11. The predicted molar refractivity (Wildman–Crippen MR) is 31.5 cm³/mol. The molecule has 2 fully saturated rings. The summed E-state index contributed by atoms with van der Waals surface area (Å²) in [6.45, 7) is 0. The van der Waals surface area contributed by atoms with Crippen LogP contribution in [-0.2, 0) is 9.59 Å². The molecular formula is C6H5F2NO3. The van der Waals surface area contributed by atoms with Gasteiger partial charge in [-0.1, -0.05) is 0 Å². The summed E-state index contributed by atoms with van der Waals surface area (Å²) in [6.07, 6.45) is 0. The number of hydrogen-bond acceptors (Lipinski definition) is 2. The number of hydrogen-bond donors (Lipinski definition) is 2. The summed E-state index contributed by atoms with van der Waals surface area (Å²) in [5.41, 5.74) is 0. The summed E-state index contributed by atoms with van der Waals surface area (Å²) in [6, 6.07) is -1.41. The molecule has 2 rings (SSSR count). The van der Waals surface area contributed by atoms with E-state index in [4.69, 9.17) is 5.11 Å². The monoisotopic (exact) mass is 177 g/mol. The van der Waals surface area contributed by atoms with Gasteiger partial charge in [-0.3, -0.25) is 4.79 Å². The maximum atomic E-state index is 12.6. The highest BCUT2D eigenvalue weighted by Crippen LogP contribution is 2.60. The van der Waals surface area contributed by atoms with Crippen LogP contribution < -0.4 is 5.32 Å². The van der Waals surface area contributed by atoms with Crippen molar-refractivity contribution in [2.45, 2.75) is 12.0 Å². The summed E-state index contributed by atoms with van der Waals surface area (Å²) in [4.78, 5) is 21.0. The number of rotatable bonds is 1. The number of amides is 1. The quantitative estimate of drug-likeness (QED) is 0.564. The van der Waals surface area contributed by atoms with Gasteiger partial charge in [0.05, 0.1) is 5.92 Å². The van der Waals surface area contributed by atoms with Gasteiger partial charge in [0, 0.05) is 0 Å². The summed E-state index contributed by atoms with van der Waals surface area (Å²) in [5.74, 6) is -8.09. The highest BCUT2D eigenvalue weighted by atomic mass is 19.3. The Bertz CT molecular complexity index is 278. The Morgan fingerprint density at radius 3 is 2.42 bits per heavy atom. The zero-order valence-corrected chi connectivity index (χ0v) is 5.75. The van der Waals surface area contributed by atoms with Gasteiger partial charge in [0.15, 0.2) is 0 Å². The van der Waals surface area contributed by atoms with Crippen molar-refractivity contribution in [1.82, 2.24) is 5.32 Å². The Morgan fingerprint density at radius 2 is 2.17 bits per heavy atom. The second-order valence-corrected chi connectivity index (χ2v) is 3.00. The van der Waals surface area contributed by atoms with Gasteiger partial charge in [-0.15, -0.1) is 0 Å². The number of halogens is 2. The van der Waals surface area contributed by atoms with E-state index >= 15 is 0 Å². The molecule has 0 aromatic heterocycles. The van der Waals surface area contributed by atoms with Crippen molar-refractivity contribution in [3.8, 4) is 0 Å². The highest BCUT2D eigenvalue weighted by Gasteiger charge is 2.79. The molecular weight excluding hydrogens is 172 g/mol. The number of nitrogens with one attached hydrogen (secondary N) is 1. The molecule has 0 bridgehead atoms. The normalized spacial score (nSPS) is 41.8. The van der Waals surface area contributed by atoms with Gasteiger partial charge in [0.1, 0.15) is 12.0 Å². The van der Waals surface area contributed by atoms with Gasteiger partial charge in [-0.2, -0.15) is 0 Å². The number of piperidine rings is 1. The van der Waals surface area contributed by atoms with Crippen molar-refractivity contribution >= 4 is 11.9 Å². The number of aliphatic carboxylic acids is 1. The van der Waals surface area contributed by atoms with Crippen LogP contribution in [0.4, 0.5) is 8.78 Å². The van der Waals surface area contributed by atoms with Crippen LogP contribution in [-0.4, -0.2) is 28.9 Å². The molecule has 0 radical (unpaired) electrons. The van der Waals surface area contributed by atoms with Crippen LogP contribution >= 0.6 is 0 Å². The molecule has 1 aliphatic heterocycles. The van der Waals surface area contributed by atoms with Gasteiger partial charge >= 0.3 is 5.97 Å². The van der Waals surface area contributed by atoms with Crippen molar-refractivity contribution < 1.29 is 23.5 Å². The molecule has 2 aliphatic rings. The van der Waals surface area contributed by atoms with E-state index in [1.165, 1.54) is 0 Å². The first-order valence-electron chi connectivity index (χ1n) is 3.37. The molecule has 1 unspecified atom stereocenters. The van der Waals surface area contributed by atoms with Gasteiger partial charge in [0.25, 0.3) is 5.92 Å². The van der Waals surface area contributed by atoms with Crippen molar-refractivity contribution in [3.05, 3.63) is 0 Å². The topological polar surface area (TPSA) is 66.4 Å². The molecule has 3 atom stereocenters. The third kappa shape index (κ3) is 0.645. The minimum absolute atomic E-state index is 0.850. The molecule has 4 nitrogen and oxygen atoms in total. The molecule has 1 heterocycles. The fourth-order valence-corrected chi connectivity index (χ4v) is 1.65.